The molecule has 0 spiro atoms. The molecule has 1 aromatic heterocycles. The fourth-order valence-corrected chi connectivity index (χ4v) is 2.89. The van der Waals surface area contributed by atoms with Gasteiger partial charge >= 0.3 is 5.69 Å². The molecule has 0 N–H and O–H groups in total. The van der Waals surface area contributed by atoms with E-state index in [0.717, 1.165) is 12.5 Å². The lowest BCUT2D eigenvalue weighted by Gasteiger charge is -2.33. The molecule has 1 fully saturated rings. The average Bonchev–Trinajstić information content (AvgIpc) is 2.37. The van der Waals surface area contributed by atoms with Gasteiger partial charge in [0.25, 0.3) is 0 Å². The first-order valence-corrected chi connectivity index (χ1v) is 7.88. The number of halogens is 1. The van der Waals surface area contributed by atoms with Crippen LogP contribution >= 0.6 is 11.6 Å². The Kier molecular flexibility index (Phi) is 4.06. The molecule has 110 valence electrons. The Labute approximate surface area is 120 Å². The van der Waals surface area contributed by atoms with Gasteiger partial charge < -0.3 is 4.90 Å². The van der Waals surface area contributed by atoms with Crippen LogP contribution in [0.2, 0.25) is 5.28 Å². The van der Waals surface area contributed by atoms with Crippen LogP contribution in [-0.4, -0.2) is 60.0 Å². The van der Waals surface area contributed by atoms with Gasteiger partial charge in [-0.2, -0.15) is 9.29 Å². The fourth-order valence-electron chi connectivity index (χ4n) is 1.94. The minimum atomic E-state index is -3.25. The van der Waals surface area contributed by atoms with Gasteiger partial charge in [0.1, 0.15) is 6.20 Å². The van der Waals surface area contributed by atoms with E-state index >= 15 is 0 Å². The van der Waals surface area contributed by atoms with E-state index in [1.165, 1.54) is 4.31 Å². The molecule has 0 bridgehead atoms. The van der Waals surface area contributed by atoms with Crippen molar-refractivity contribution < 1.29 is 13.3 Å². The maximum atomic E-state index is 11.4. The molecule has 0 saturated carbocycles. The molecule has 0 radical (unpaired) electrons. The van der Waals surface area contributed by atoms with Crippen molar-refractivity contribution >= 4 is 33.1 Å². The van der Waals surface area contributed by atoms with Crippen LogP contribution in [-0.2, 0) is 10.0 Å². The summed E-state index contributed by atoms with van der Waals surface area (Å²) in [4.78, 5) is 19.5. The zero-order valence-corrected chi connectivity index (χ0v) is 12.1. The van der Waals surface area contributed by atoms with Crippen molar-refractivity contribution in [2.75, 3.05) is 37.3 Å². The maximum absolute atomic E-state index is 11.4. The molecular weight excluding hydrogens is 310 g/mol. The first-order chi connectivity index (χ1) is 9.29. The van der Waals surface area contributed by atoms with Crippen molar-refractivity contribution in [3.63, 3.8) is 0 Å². The second-order valence-electron chi connectivity index (χ2n) is 4.25. The number of piperazine rings is 1. The van der Waals surface area contributed by atoms with E-state index in [4.69, 9.17) is 11.6 Å². The number of sulfonamides is 1. The number of nitro groups is 1. The Hall–Kier alpha value is -1.52. The minimum Gasteiger partial charge on any atom is -0.348 e. The minimum absolute atomic E-state index is 0.0869. The van der Waals surface area contributed by atoms with E-state index in [1.807, 2.05) is 0 Å². The van der Waals surface area contributed by atoms with Crippen molar-refractivity contribution in [2.45, 2.75) is 0 Å². The van der Waals surface area contributed by atoms with Gasteiger partial charge in [0.05, 0.1) is 11.2 Å². The standard InChI is InChI=1S/C9H12ClN5O4S/c1-20(18,19)14-4-2-13(3-5-14)8-7(15(16)17)6-11-9(10)12-8/h6H,2-5H2,1H3. The summed E-state index contributed by atoms with van der Waals surface area (Å²) in [7, 11) is -3.25. The van der Waals surface area contributed by atoms with Crippen molar-refractivity contribution in [2.24, 2.45) is 0 Å². The largest absolute Gasteiger partial charge is 0.348 e. The predicted octanol–water partition coefficient (Wildman–Crippen LogP) is 0.120. The number of aromatic nitrogens is 2. The third-order valence-corrected chi connectivity index (χ3v) is 4.41. The molecule has 1 aromatic rings. The molecule has 9 nitrogen and oxygen atoms in total. The van der Waals surface area contributed by atoms with Crippen LogP contribution in [0.15, 0.2) is 6.20 Å². The van der Waals surface area contributed by atoms with Crippen molar-refractivity contribution in [1.29, 1.82) is 0 Å². The second kappa shape index (κ2) is 5.46. The average molecular weight is 322 g/mol. The van der Waals surface area contributed by atoms with E-state index in [0.29, 0.717) is 13.1 Å². The summed E-state index contributed by atoms with van der Waals surface area (Å²) < 4.78 is 24.1. The monoisotopic (exact) mass is 321 g/mol. The molecule has 1 aliphatic heterocycles. The summed E-state index contributed by atoms with van der Waals surface area (Å²) >= 11 is 5.66. The Balaban J connectivity index is 2.22. The van der Waals surface area contributed by atoms with Gasteiger partial charge in [-0.05, 0) is 11.6 Å². The molecule has 0 atom stereocenters. The lowest BCUT2D eigenvalue weighted by atomic mass is 10.3. The number of hydrogen-bond donors (Lipinski definition) is 0. The Morgan fingerprint density at radius 3 is 2.45 bits per heavy atom. The van der Waals surface area contributed by atoms with Crippen LogP contribution in [0.3, 0.4) is 0 Å². The van der Waals surface area contributed by atoms with Crippen LogP contribution in [0, 0.1) is 10.1 Å². The van der Waals surface area contributed by atoms with Crippen LogP contribution < -0.4 is 4.90 Å². The smallest absolute Gasteiger partial charge is 0.329 e. The molecule has 1 aliphatic rings. The Bertz CT molecular complexity index is 629. The highest BCUT2D eigenvalue weighted by molar-refractivity contribution is 7.88. The zero-order valence-electron chi connectivity index (χ0n) is 10.6. The summed E-state index contributed by atoms with van der Waals surface area (Å²) in [6, 6.07) is 0. The molecule has 2 heterocycles. The summed E-state index contributed by atoms with van der Waals surface area (Å²) in [5.41, 5.74) is -0.248. The van der Waals surface area contributed by atoms with E-state index in [1.54, 1.807) is 4.90 Å². The van der Waals surface area contributed by atoms with Crippen LogP contribution in [0.5, 0.6) is 0 Å². The van der Waals surface area contributed by atoms with Gasteiger partial charge in [-0.1, -0.05) is 0 Å². The predicted molar refractivity (Wildman–Crippen MR) is 72.3 cm³/mol. The Morgan fingerprint density at radius 2 is 1.95 bits per heavy atom. The second-order valence-corrected chi connectivity index (χ2v) is 6.57. The van der Waals surface area contributed by atoms with Crippen molar-refractivity contribution in [3.05, 3.63) is 21.6 Å². The summed E-state index contributed by atoms with van der Waals surface area (Å²) in [5.74, 6) is 0.114. The molecule has 20 heavy (non-hydrogen) atoms. The van der Waals surface area contributed by atoms with Crippen molar-refractivity contribution in [3.8, 4) is 0 Å². The van der Waals surface area contributed by atoms with Gasteiger partial charge in [0.2, 0.25) is 21.1 Å². The van der Waals surface area contributed by atoms with Crippen molar-refractivity contribution in [1.82, 2.24) is 14.3 Å². The SMILES string of the molecule is CS(=O)(=O)N1CCN(c2nc(Cl)ncc2[N+](=O)[O-])CC1. The summed E-state index contributed by atoms with van der Waals surface area (Å²) in [5, 5.41) is 10.9. The number of hydrogen-bond acceptors (Lipinski definition) is 7. The fraction of sp³-hybridized carbons (Fsp3) is 0.556. The topological polar surface area (TPSA) is 110 Å². The van der Waals surface area contributed by atoms with E-state index in [9.17, 15) is 18.5 Å². The highest BCUT2D eigenvalue weighted by Gasteiger charge is 2.28. The maximum Gasteiger partial charge on any atom is 0.329 e. The first-order valence-electron chi connectivity index (χ1n) is 5.66. The molecule has 1 saturated heterocycles. The normalized spacial score (nSPS) is 17.2. The van der Waals surface area contributed by atoms with Gasteiger partial charge in [0, 0.05) is 26.2 Å². The van der Waals surface area contributed by atoms with Crippen LogP contribution in [0.1, 0.15) is 0 Å². The van der Waals surface area contributed by atoms with Gasteiger partial charge in [-0.3, -0.25) is 10.1 Å². The van der Waals surface area contributed by atoms with Gasteiger partial charge in [-0.15, -0.1) is 0 Å². The quantitative estimate of drug-likeness (QED) is 0.442. The third kappa shape index (κ3) is 3.14. The van der Waals surface area contributed by atoms with Gasteiger partial charge in [0.15, 0.2) is 0 Å². The molecule has 0 aromatic carbocycles. The van der Waals surface area contributed by atoms with E-state index < -0.39 is 14.9 Å². The number of nitrogens with zero attached hydrogens (tertiary/aromatic N) is 5. The molecule has 0 unspecified atom stereocenters. The lowest BCUT2D eigenvalue weighted by molar-refractivity contribution is -0.384. The highest BCUT2D eigenvalue weighted by Crippen LogP contribution is 2.27. The highest BCUT2D eigenvalue weighted by atomic mass is 35.5. The van der Waals surface area contributed by atoms with Crippen LogP contribution in [0.25, 0.3) is 0 Å². The summed E-state index contributed by atoms with van der Waals surface area (Å²) in [6.07, 6.45) is 2.18. The summed E-state index contributed by atoms with van der Waals surface area (Å²) in [6.45, 7) is 1.11. The number of anilines is 1. The molecule has 11 heteroatoms. The van der Waals surface area contributed by atoms with E-state index in [2.05, 4.69) is 9.97 Å². The molecule has 0 amide bonds. The van der Waals surface area contributed by atoms with Gasteiger partial charge in [-0.25, -0.2) is 13.4 Å². The molecule has 2 rings (SSSR count). The zero-order chi connectivity index (χ0) is 14.9. The van der Waals surface area contributed by atoms with E-state index in [-0.39, 0.29) is 29.9 Å². The first kappa shape index (κ1) is 14.9. The molecule has 0 aliphatic carbocycles. The van der Waals surface area contributed by atoms with Crippen LogP contribution in [0.4, 0.5) is 11.5 Å². The Morgan fingerprint density at radius 1 is 1.35 bits per heavy atom. The number of rotatable bonds is 3. The third-order valence-electron chi connectivity index (χ3n) is 2.92. The molecular formula is C9H12ClN5O4S. The lowest BCUT2D eigenvalue weighted by Crippen LogP contribution is -2.48.